The van der Waals surface area contributed by atoms with Gasteiger partial charge in [0.25, 0.3) is 5.91 Å². The third-order valence-corrected chi connectivity index (χ3v) is 7.41. The summed E-state index contributed by atoms with van der Waals surface area (Å²) in [6.45, 7) is 6.97. The third kappa shape index (κ3) is 6.62. The van der Waals surface area contributed by atoms with Crippen LogP contribution in [0.5, 0.6) is 0 Å². The zero-order valence-electron chi connectivity index (χ0n) is 18.2. The quantitative estimate of drug-likeness (QED) is 0.455. The minimum absolute atomic E-state index is 0.166. The summed E-state index contributed by atoms with van der Waals surface area (Å²) < 4.78 is 32.6. The van der Waals surface area contributed by atoms with Crippen molar-refractivity contribution in [1.29, 1.82) is 0 Å². The van der Waals surface area contributed by atoms with E-state index in [-0.39, 0.29) is 11.5 Å². The average Bonchev–Trinajstić information content (AvgIpc) is 3.22. The van der Waals surface area contributed by atoms with E-state index in [0.29, 0.717) is 29.2 Å². The second-order valence-corrected chi connectivity index (χ2v) is 9.83. The number of benzene rings is 1. The molecule has 0 fully saturated rings. The molecule has 0 unspecified atom stereocenters. The highest BCUT2D eigenvalue weighted by Crippen LogP contribution is 2.25. The van der Waals surface area contributed by atoms with E-state index < -0.39 is 21.9 Å². The van der Waals surface area contributed by atoms with Gasteiger partial charge in [-0.25, -0.2) is 13.2 Å². The van der Waals surface area contributed by atoms with E-state index in [4.69, 9.17) is 4.74 Å². The van der Waals surface area contributed by atoms with Gasteiger partial charge in [-0.05, 0) is 55.5 Å². The van der Waals surface area contributed by atoms with Gasteiger partial charge < -0.3 is 10.1 Å². The Bertz CT molecular complexity index is 960. The first-order valence-corrected chi connectivity index (χ1v) is 12.8. The number of ether oxygens (including phenoxy) is 1. The standard InChI is InChI=1S/C22H30N2O5S2/c1-4-7-14-24(15-8-5-2)31(27,28)18-11-9-17(10-12-18)20(25)23-21-19(13-16-30-21)22(26)29-6-3/h9-13,16H,4-8,14-15H2,1-3H3,(H,23,25). The molecule has 0 spiro atoms. The summed E-state index contributed by atoms with van der Waals surface area (Å²) in [5, 5.41) is 4.79. The molecule has 1 aromatic carbocycles. The fraction of sp³-hybridized carbons (Fsp3) is 0.455. The van der Waals surface area contributed by atoms with Crippen molar-refractivity contribution < 1.29 is 22.7 Å². The second-order valence-electron chi connectivity index (χ2n) is 6.97. The molecular weight excluding hydrogens is 436 g/mol. The van der Waals surface area contributed by atoms with Crippen LogP contribution in [0.1, 0.15) is 67.2 Å². The number of carbonyl (C=O) groups is 2. The Labute approximate surface area is 188 Å². The maximum atomic E-state index is 13.0. The number of carbonyl (C=O) groups excluding carboxylic acids is 2. The number of unbranched alkanes of at least 4 members (excludes halogenated alkanes) is 2. The molecule has 0 radical (unpaired) electrons. The molecule has 2 aromatic rings. The van der Waals surface area contributed by atoms with Crippen LogP contribution in [0.25, 0.3) is 0 Å². The van der Waals surface area contributed by atoms with Crippen molar-refractivity contribution in [3.8, 4) is 0 Å². The number of amides is 1. The Morgan fingerprint density at radius 1 is 1.00 bits per heavy atom. The van der Waals surface area contributed by atoms with Crippen molar-refractivity contribution in [2.45, 2.75) is 51.3 Å². The van der Waals surface area contributed by atoms with Gasteiger partial charge in [0, 0.05) is 18.7 Å². The van der Waals surface area contributed by atoms with E-state index in [2.05, 4.69) is 5.32 Å². The molecule has 1 N–H and O–H groups in total. The van der Waals surface area contributed by atoms with Crippen LogP contribution >= 0.6 is 11.3 Å². The Balaban J connectivity index is 2.16. The van der Waals surface area contributed by atoms with E-state index in [9.17, 15) is 18.0 Å². The Morgan fingerprint density at radius 2 is 1.61 bits per heavy atom. The van der Waals surface area contributed by atoms with Gasteiger partial charge in [-0.3, -0.25) is 4.79 Å². The van der Waals surface area contributed by atoms with Crippen LogP contribution in [0, 0.1) is 0 Å². The van der Waals surface area contributed by atoms with Crippen LogP contribution < -0.4 is 5.32 Å². The summed E-state index contributed by atoms with van der Waals surface area (Å²) >= 11 is 1.22. The van der Waals surface area contributed by atoms with Crippen LogP contribution in [0.2, 0.25) is 0 Å². The van der Waals surface area contributed by atoms with Gasteiger partial charge in [0.05, 0.1) is 17.1 Å². The van der Waals surface area contributed by atoms with Gasteiger partial charge in [0.2, 0.25) is 10.0 Å². The SMILES string of the molecule is CCCCN(CCCC)S(=O)(=O)c1ccc(C(=O)Nc2sccc2C(=O)OCC)cc1. The van der Waals surface area contributed by atoms with Gasteiger partial charge in [0.15, 0.2) is 0 Å². The molecule has 2 rings (SSSR count). The predicted molar refractivity (Wildman–Crippen MR) is 123 cm³/mol. The largest absolute Gasteiger partial charge is 0.462 e. The van der Waals surface area contributed by atoms with Crippen LogP contribution in [0.3, 0.4) is 0 Å². The van der Waals surface area contributed by atoms with Crippen molar-refractivity contribution in [3.05, 3.63) is 46.8 Å². The molecule has 7 nitrogen and oxygen atoms in total. The molecule has 0 aliphatic rings. The van der Waals surface area contributed by atoms with E-state index in [1.807, 2.05) is 13.8 Å². The molecule has 0 bridgehead atoms. The molecule has 0 aliphatic heterocycles. The lowest BCUT2D eigenvalue weighted by molar-refractivity contribution is 0.0528. The average molecular weight is 467 g/mol. The molecule has 0 atom stereocenters. The molecule has 0 saturated heterocycles. The van der Waals surface area contributed by atoms with Crippen LogP contribution in [-0.2, 0) is 14.8 Å². The van der Waals surface area contributed by atoms with Crippen LogP contribution in [-0.4, -0.2) is 44.3 Å². The van der Waals surface area contributed by atoms with Crippen LogP contribution in [0.4, 0.5) is 5.00 Å². The van der Waals surface area contributed by atoms with Gasteiger partial charge in [-0.2, -0.15) is 4.31 Å². The lowest BCUT2D eigenvalue weighted by atomic mass is 10.2. The molecule has 31 heavy (non-hydrogen) atoms. The smallest absolute Gasteiger partial charge is 0.341 e. The lowest BCUT2D eigenvalue weighted by Crippen LogP contribution is -2.33. The number of hydrogen-bond donors (Lipinski definition) is 1. The zero-order valence-corrected chi connectivity index (χ0v) is 19.9. The Morgan fingerprint density at radius 3 is 2.16 bits per heavy atom. The normalized spacial score (nSPS) is 11.5. The number of thiophene rings is 1. The van der Waals surface area contributed by atoms with Crippen molar-refractivity contribution in [3.63, 3.8) is 0 Å². The number of sulfonamides is 1. The topological polar surface area (TPSA) is 92.8 Å². The van der Waals surface area contributed by atoms with Crippen molar-refractivity contribution in [1.82, 2.24) is 4.31 Å². The van der Waals surface area contributed by atoms with Crippen molar-refractivity contribution in [2.75, 3.05) is 25.0 Å². The summed E-state index contributed by atoms with van der Waals surface area (Å²) in [5.41, 5.74) is 0.595. The van der Waals surface area contributed by atoms with Crippen LogP contribution in [0.15, 0.2) is 40.6 Å². The molecule has 170 valence electrons. The number of anilines is 1. The first-order chi connectivity index (χ1) is 14.8. The maximum absolute atomic E-state index is 13.0. The summed E-state index contributed by atoms with van der Waals surface area (Å²) in [6, 6.07) is 7.47. The fourth-order valence-corrected chi connectivity index (χ4v) is 5.19. The van der Waals surface area contributed by atoms with Gasteiger partial charge in [-0.15, -0.1) is 11.3 Å². The van der Waals surface area contributed by atoms with E-state index in [1.54, 1.807) is 18.4 Å². The molecule has 0 saturated carbocycles. The first kappa shape index (κ1) is 25.0. The zero-order chi connectivity index (χ0) is 22.9. The van der Waals surface area contributed by atoms with Crippen molar-refractivity contribution in [2.24, 2.45) is 0 Å². The van der Waals surface area contributed by atoms with Gasteiger partial charge >= 0.3 is 5.97 Å². The van der Waals surface area contributed by atoms with Gasteiger partial charge in [0.1, 0.15) is 5.00 Å². The number of nitrogens with one attached hydrogen (secondary N) is 1. The minimum atomic E-state index is -3.62. The highest BCUT2D eigenvalue weighted by molar-refractivity contribution is 7.89. The molecule has 9 heteroatoms. The highest BCUT2D eigenvalue weighted by Gasteiger charge is 2.24. The summed E-state index contributed by atoms with van der Waals surface area (Å²) in [5.74, 6) is -0.925. The molecule has 1 amide bonds. The Hall–Kier alpha value is -2.23. The highest BCUT2D eigenvalue weighted by atomic mass is 32.2. The molecular formula is C22H30N2O5S2. The van der Waals surface area contributed by atoms with Crippen molar-refractivity contribution >= 4 is 38.2 Å². The van der Waals surface area contributed by atoms with Gasteiger partial charge in [-0.1, -0.05) is 26.7 Å². The van der Waals surface area contributed by atoms with E-state index in [1.165, 1.54) is 39.9 Å². The number of nitrogens with zero attached hydrogens (tertiary/aromatic N) is 1. The Kier molecular flexibility index (Phi) is 9.67. The first-order valence-electron chi connectivity index (χ1n) is 10.5. The van der Waals surface area contributed by atoms with E-state index in [0.717, 1.165) is 25.7 Å². The number of hydrogen-bond acceptors (Lipinski definition) is 6. The minimum Gasteiger partial charge on any atom is -0.462 e. The number of rotatable bonds is 12. The molecule has 0 aliphatic carbocycles. The molecule has 1 aromatic heterocycles. The second kappa shape index (κ2) is 12.0. The monoisotopic (exact) mass is 466 g/mol. The summed E-state index contributed by atoms with van der Waals surface area (Å²) in [6.07, 6.45) is 3.42. The fourth-order valence-electron chi connectivity index (χ4n) is 2.90. The third-order valence-electron chi connectivity index (χ3n) is 4.66. The predicted octanol–water partition coefficient (Wildman–Crippen LogP) is 4.77. The molecule has 1 heterocycles. The maximum Gasteiger partial charge on any atom is 0.341 e. The number of esters is 1. The summed E-state index contributed by atoms with van der Waals surface area (Å²) in [4.78, 5) is 24.7. The lowest BCUT2D eigenvalue weighted by Gasteiger charge is -2.22. The summed E-state index contributed by atoms with van der Waals surface area (Å²) in [7, 11) is -3.62. The van der Waals surface area contributed by atoms with E-state index >= 15 is 0 Å².